The van der Waals surface area contributed by atoms with Gasteiger partial charge in [0.2, 0.25) is 0 Å². The van der Waals surface area contributed by atoms with E-state index in [1.165, 1.54) is 25.4 Å². The van der Waals surface area contributed by atoms with E-state index in [9.17, 15) is 22.7 Å². The highest BCUT2D eigenvalue weighted by Gasteiger charge is 2.57. The largest absolute Gasteiger partial charge is 0.436 e. The van der Waals surface area contributed by atoms with Gasteiger partial charge in [-0.25, -0.2) is 9.37 Å². The molecule has 1 N–H and O–H groups in total. The lowest BCUT2D eigenvalue weighted by Gasteiger charge is -2.24. The van der Waals surface area contributed by atoms with Crippen LogP contribution in [-0.2, 0) is 12.6 Å². The Labute approximate surface area is 117 Å². The van der Waals surface area contributed by atoms with Gasteiger partial charge in [0.1, 0.15) is 5.82 Å². The first kappa shape index (κ1) is 15.1. The molecule has 110 valence electrons. The van der Waals surface area contributed by atoms with Crippen molar-refractivity contribution in [2.24, 2.45) is 7.05 Å². The van der Waals surface area contributed by atoms with Crippen LogP contribution in [0.25, 0.3) is 0 Å². The van der Waals surface area contributed by atoms with Crippen LogP contribution in [0, 0.1) is 17.7 Å². The molecule has 0 aliphatic carbocycles. The molecule has 1 atom stereocenters. The molecule has 0 saturated carbocycles. The maximum Gasteiger partial charge on any atom is 0.436 e. The first-order valence-electron chi connectivity index (χ1n) is 5.80. The Morgan fingerprint density at radius 2 is 1.81 bits per heavy atom. The molecule has 0 amide bonds. The third kappa shape index (κ3) is 2.90. The second-order valence-electron chi connectivity index (χ2n) is 4.33. The number of hydrogen-bond donors (Lipinski definition) is 1. The van der Waals surface area contributed by atoms with Crippen molar-refractivity contribution in [1.29, 1.82) is 0 Å². The van der Waals surface area contributed by atoms with Gasteiger partial charge in [0, 0.05) is 25.0 Å². The maximum absolute atomic E-state index is 13.1. The molecule has 7 heteroatoms. The SMILES string of the molecule is Cn1ccnc1C(O)(C#Cc1ccc(F)cc1)C(F)(F)F. The number of aromatic nitrogens is 2. The van der Waals surface area contributed by atoms with E-state index in [0.717, 1.165) is 22.9 Å². The Balaban J connectivity index is 2.49. The van der Waals surface area contributed by atoms with Crippen LogP contribution in [0.3, 0.4) is 0 Å². The first-order chi connectivity index (χ1) is 9.74. The van der Waals surface area contributed by atoms with Gasteiger partial charge in [0.15, 0.2) is 5.82 Å². The van der Waals surface area contributed by atoms with Gasteiger partial charge in [-0.2, -0.15) is 13.2 Å². The topological polar surface area (TPSA) is 38.0 Å². The van der Waals surface area contributed by atoms with Crippen molar-refractivity contribution in [2.45, 2.75) is 11.8 Å². The summed E-state index contributed by atoms with van der Waals surface area (Å²) in [5.41, 5.74) is -3.26. The fourth-order valence-electron chi connectivity index (χ4n) is 1.66. The monoisotopic (exact) mass is 298 g/mol. The standard InChI is InChI=1S/C14H10F4N2O/c1-20-9-8-19-12(20)13(21,14(16,17)18)7-6-10-2-4-11(15)5-3-10/h2-5,8-9,21H,1H3. The smallest absolute Gasteiger partial charge is 0.364 e. The van der Waals surface area contributed by atoms with Crippen LogP contribution in [0.5, 0.6) is 0 Å². The van der Waals surface area contributed by atoms with E-state index >= 15 is 0 Å². The third-order valence-electron chi connectivity index (χ3n) is 2.79. The van der Waals surface area contributed by atoms with Crippen LogP contribution in [-0.4, -0.2) is 20.8 Å². The van der Waals surface area contributed by atoms with Crippen LogP contribution in [0.2, 0.25) is 0 Å². The maximum atomic E-state index is 13.1. The van der Waals surface area contributed by atoms with E-state index in [1.54, 1.807) is 5.92 Å². The Kier molecular flexibility index (Phi) is 3.75. The number of halogens is 4. The lowest BCUT2D eigenvalue weighted by molar-refractivity contribution is -0.244. The number of alkyl halides is 3. The van der Waals surface area contributed by atoms with E-state index in [-0.39, 0.29) is 5.56 Å². The van der Waals surface area contributed by atoms with Gasteiger partial charge in [-0.15, -0.1) is 0 Å². The van der Waals surface area contributed by atoms with E-state index in [0.29, 0.717) is 0 Å². The molecule has 1 heterocycles. The lowest BCUT2D eigenvalue weighted by Crippen LogP contribution is -2.43. The minimum Gasteiger partial charge on any atom is -0.364 e. The molecule has 3 nitrogen and oxygen atoms in total. The Morgan fingerprint density at radius 3 is 2.29 bits per heavy atom. The summed E-state index contributed by atoms with van der Waals surface area (Å²) in [6.07, 6.45) is -2.63. The van der Waals surface area contributed by atoms with Gasteiger partial charge >= 0.3 is 6.18 Å². The molecule has 0 saturated heterocycles. The van der Waals surface area contributed by atoms with Gasteiger partial charge in [0.05, 0.1) is 0 Å². The number of benzene rings is 1. The van der Waals surface area contributed by atoms with Crippen LogP contribution in [0.4, 0.5) is 17.6 Å². The fourth-order valence-corrected chi connectivity index (χ4v) is 1.66. The van der Waals surface area contributed by atoms with Crippen LogP contribution in [0.1, 0.15) is 11.4 Å². The average Bonchev–Trinajstić information content (AvgIpc) is 2.83. The highest BCUT2D eigenvalue weighted by atomic mass is 19.4. The normalized spacial score (nSPS) is 14.2. The number of imidazole rings is 1. The Morgan fingerprint density at radius 1 is 1.19 bits per heavy atom. The Hall–Kier alpha value is -2.33. The highest BCUT2D eigenvalue weighted by molar-refractivity contribution is 5.38. The predicted molar refractivity (Wildman–Crippen MR) is 66.4 cm³/mol. The fraction of sp³-hybridized carbons (Fsp3) is 0.214. The van der Waals surface area contributed by atoms with Crippen LogP contribution < -0.4 is 0 Å². The summed E-state index contributed by atoms with van der Waals surface area (Å²) in [5, 5.41) is 9.95. The van der Waals surface area contributed by atoms with E-state index in [2.05, 4.69) is 10.9 Å². The lowest BCUT2D eigenvalue weighted by atomic mass is 10.0. The summed E-state index contributed by atoms with van der Waals surface area (Å²) < 4.78 is 53.2. The van der Waals surface area contributed by atoms with Crippen LogP contribution in [0.15, 0.2) is 36.7 Å². The molecule has 1 aromatic carbocycles. The van der Waals surface area contributed by atoms with E-state index in [4.69, 9.17) is 0 Å². The predicted octanol–water partition coefficient (Wildman–Crippen LogP) is 2.36. The van der Waals surface area contributed by atoms with Gasteiger partial charge in [-0.05, 0) is 30.2 Å². The summed E-state index contributed by atoms with van der Waals surface area (Å²) in [6, 6.07) is 4.57. The molecule has 0 spiro atoms. The summed E-state index contributed by atoms with van der Waals surface area (Å²) in [4.78, 5) is 3.51. The van der Waals surface area contributed by atoms with E-state index < -0.39 is 23.4 Å². The number of aliphatic hydroxyl groups is 1. The number of rotatable bonds is 1. The van der Waals surface area contributed by atoms with Crippen molar-refractivity contribution in [3.63, 3.8) is 0 Å². The molecule has 1 aromatic heterocycles. The van der Waals surface area contributed by atoms with Gasteiger partial charge < -0.3 is 9.67 Å². The van der Waals surface area contributed by atoms with Crippen LogP contribution >= 0.6 is 0 Å². The first-order valence-corrected chi connectivity index (χ1v) is 5.80. The summed E-state index contributed by atoms with van der Waals surface area (Å²) in [6.45, 7) is 0. The highest BCUT2D eigenvalue weighted by Crippen LogP contribution is 2.37. The average molecular weight is 298 g/mol. The molecule has 0 aliphatic heterocycles. The molecule has 21 heavy (non-hydrogen) atoms. The van der Waals surface area contributed by atoms with Crippen molar-refractivity contribution >= 4 is 0 Å². The zero-order chi connectivity index (χ0) is 15.7. The second kappa shape index (κ2) is 5.22. The van der Waals surface area contributed by atoms with Gasteiger partial charge in [0.25, 0.3) is 5.60 Å². The van der Waals surface area contributed by atoms with Gasteiger partial charge in [-0.1, -0.05) is 5.92 Å². The van der Waals surface area contributed by atoms with Crippen molar-refractivity contribution in [3.05, 3.63) is 53.9 Å². The zero-order valence-electron chi connectivity index (χ0n) is 10.8. The minimum atomic E-state index is -5.03. The second-order valence-corrected chi connectivity index (χ2v) is 4.33. The van der Waals surface area contributed by atoms with Crippen molar-refractivity contribution in [3.8, 4) is 11.8 Å². The third-order valence-corrected chi connectivity index (χ3v) is 2.79. The van der Waals surface area contributed by atoms with Gasteiger partial charge in [-0.3, -0.25) is 0 Å². The van der Waals surface area contributed by atoms with Crippen molar-refractivity contribution in [1.82, 2.24) is 9.55 Å². The number of aryl methyl sites for hydroxylation is 1. The zero-order valence-corrected chi connectivity index (χ0v) is 10.8. The van der Waals surface area contributed by atoms with Crippen molar-refractivity contribution in [2.75, 3.05) is 0 Å². The number of hydrogen-bond acceptors (Lipinski definition) is 2. The van der Waals surface area contributed by atoms with E-state index in [1.807, 2.05) is 0 Å². The molecular weight excluding hydrogens is 288 g/mol. The Bertz CT molecular complexity index is 694. The summed E-state index contributed by atoms with van der Waals surface area (Å²) >= 11 is 0. The molecule has 0 radical (unpaired) electrons. The molecule has 1 unspecified atom stereocenters. The molecular formula is C14H10F4N2O. The summed E-state index contributed by atoms with van der Waals surface area (Å²) in [7, 11) is 1.32. The minimum absolute atomic E-state index is 0.147. The molecule has 0 aliphatic rings. The molecule has 0 bridgehead atoms. The summed E-state index contributed by atoms with van der Waals surface area (Å²) in [5.74, 6) is 2.82. The number of nitrogens with zero attached hydrogens (tertiary/aromatic N) is 2. The molecule has 2 aromatic rings. The quantitative estimate of drug-likeness (QED) is 0.648. The molecule has 0 fully saturated rings. The molecule has 2 rings (SSSR count). The van der Waals surface area contributed by atoms with Crippen molar-refractivity contribution < 1.29 is 22.7 Å².